The Morgan fingerprint density at radius 1 is 1.67 bits per heavy atom. The van der Waals surface area contributed by atoms with Crippen LogP contribution in [0, 0.1) is 0 Å². The molecule has 0 aromatic heterocycles. The van der Waals surface area contributed by atoms with Gasteiger partial charge in [-0.05, 0) is 20.0 Å². The molecule has 9 heavy (non-hydrogen) atoms. The van der Waals surface area contributed by atoms with Crippen LogP contribution in [-0.4, -0.2) is 24.7 Å². The lowest BCUT2D eigenvalue weighted by atomic mass is 10.3. The fourth-order valence-electron chi connectivity index (χ4n) is 0.416. The number of rotatable bonds is 4. The summed E-state index contributed by atoms with van der Waals surface area (Å²) >= 11 is 0. The molecule has 3 nitrogen and oxygen atoms in total. The van der Waals surface area contributed by atoms with Crippen molar-refractivity contribution in [2.45, 2.75) is 12.8 Å². The third kappa shape index (κ3) is 11.3. The van der Waals surface area contributed by atoms with Gasteiger partial charge in [0, 0.05) is 6.42 Å². The molecule has 0 amide bonds. The van der Waals surface area contributed by atoms with Crippen LogP contribution in [0.4, 0.5) is 0 Å². The number of hydrogen-bond acceptors (Lipinski definition) is 2. The first-order valence-electron chi connectivity index (χ1n) is 2.63. The average molecular weight is 154 g/mol. The standard InChI is InChI=1S/C5H11NO2.ClH/c1-6-4-2-3-5(7)8;/h6H,2-4H2,1H3,(H,7,8);1H. The SMILES string of the molecule is CNCCCC(=O)O.Cl. The second kappa shape index (κ2) is 7.72. The highest BCUT2D eigenvalue weighted by molar-refractivity contribution is 5.85. The van der Waals surface area contributed by atoms with E-state index >= 15 is 0 Å². The summed E-state index contributed by atoms with van der Waals surface area (Å²) in [7, 11) is 1.81. The fraction of sp³-hybridized carbons (Fsp3) is 0.800. The molecule has 56 valence electrons. The van der Waals surface area contributed by atoms with Gasteiger partial charge in [-0.25, -0.2) is 0 Å². The molecule has 4 heteroatoms. The normalized spacial score (nSPS) is 8.11. The smallest absolute Gasteiger partial charge is 0.303 e. The second-order valence-electron chi connectivity index (χ2n) is 1.60. The first-order valence-corrected chi connectivity index (χ1v) is 2.63. The Morgan fingerprint density at radius 2 is 2.22 bits per heavy atom. The number of carboxylic acid groups (broad SMARTS) is 1. The van der Waals surface area contributed by atoms with Gasteiger partial charge in [0.2, 0.25) is 0 Å². The summed E-state index contributed by atoms with van der Waals surface area (Å²) in [6.45, 7) is 0.784. The van der Waals surface area contributed by atoms with Crippen molar-refractivity contribution in [1.82, 2.24) is 5.32 Å². The van der Waals surface area contributed by atoms with Crippen LogP contribution in [0.5, 0.6) is 0 Å². The topological polar surface area (TPSA) is 49.3 Å². The number of carboxylic acids is 1. The maximum absolute atomic E-state index is 9.85. The lowest BCUT2D eigenvalue weighted by molar-refractivity contribution is -0.137. The summed E-state index contributed by atoms with van der Waals surface area (Å²) in [5.74, 6) is -0.722. The fourth-order valence-corrected chi connectivity index (χ4v) is 0.416. The van der Waals surface area contributed by atoms with E-state index < -0.39 is 5.97 Å². The van der Waals surface area contributed by atoms with Crippen LogP contribution >= 0.6 is 12.4 Å². The van der Waals surface area contributed by atoms with Gasteiger partial charge in [0.15, 0.2) is 0 Å². The molecule has 0 aliphatic rings. The molecule has 0 atom stereocenters. The van der Waals surface area contributed by atoms with Gasteiger partial charge in [-0.1, -0.05) is 0 Å². The summed E-state index contributed by atoms with van der Waals surface area (Å²) in [4.78, 5) is 9.85. The number of hydrogen-bond donors (Lipinski definition) is 2. The second-order valence-corrected chi connectivity index (χ2v) is 1.60. The molecular formula is C5H12ClNO2. The Morgan fingerprint density at radius 3 is 2.56 bits per heavy atom. The lowest BCUT2D eigenvalue weighted by Gasteiger charge is -1.92. The lowest BCUT2D eigenvalue weighted by Crippen LogP contribution is -2.09. The molecule has 0 aromatic rings. The van der Waals surface area contributed by atoms with Gasteiger partial charge in [0.05, 0.1) is 0 Å². The zero-order valence-corrected chi connectivity index (χ0v) is 6.20. The third-order valence-corrected chi connectivity index (χ3v) is 0.817. The van der Waals surface area contributed by atoms with Gasteiger partial charge in [-0.3, -0.25) is 4.79 Å². The van der Waals surface area contributed by atoms with Crippen LogP contribution in [0.1, 0.15) is 12.8 Å². The maximum atomic E-state index is 9.85. The van der Waals surface area contributed by atoms with Crippen molar-refractivity contribution in [3.05, 3.63) is 0 Å². The molecule has 0 fully saturated rings. The highest BCUT2D eigenvalue weighted by Gasteiger charge is 1.92. The molecule has 0 unspecified atom stereocenters. The van der Waals surface area contributed by atoms with Crippen molar-refractivity contribution in [2.75, 3.05) is 13.6 Å². The molecule has 0 aliphatic heterocycles. The molecule has 0 radical (unpaired) electrons. The van der Waals surface area contributed by atoms with Crippen LogP contribution < -0.4 is 5.32 Å². The van der Waals surface area contributed by atoms with E-state index in [1.807, 2.05) is 7.05 Å². The first-order chi connectivity index (χ1) is 3.77. The Labute approximate surface area is 60.9 Å². The Balaban J connectivity index is 0. The van der Waals surface area contributed by atoms with Crippen LogP contribution in [0.3, 0.4) is 0 Å². The summed E-state index contributed by atoms with van der Waals surface area (Å²) in [5.41, 5.74) is 0. The molecule has 0 saturated carbocycles. The number of aliphatic carboxylic acids is 1. The van der Waals surface area contributed by atoms with Gasteiger partial charge in [0.25, 0.3) is 0 Å². The van der Waals surface area contributed by atoms with E-state index in [9.17, 15) is 4.79 Å². The Bertz CT molecular complexity index is 77.4. The van der Waals surface area contributed by atoms with Crippen LogP contribution in [-0.2, 0) is 4.79 Å². The number of carbonyl (C=O) groups is 1. The minimum absolute atomic E-state index is 0. The summed E-state index contributed by atoms with van der Waals surface area (Å²) in [6, 6.07) is 0. The van der Waals surface area contributed by atoms with Gasteiger partial charge in [-0.2, -0.15) is 0 Å². The Kier molecular flexibility index (Phi) is 9.87. The minimum atomic E-state index is -0.722. The largest absolute Gasteiger partial charge is 0.481 e. The van der Waals surface area contributed by atoms with Gasteiger partial charge < -0.3 is 10.4 Å². The van der Waals surface area contributed by atoms with Crippen molar-refractivity contribution in [1.29, 1.82) is 0 Å². The van der Waals surface area contributed by atoms with Crippen LogP contribution in [0.25, 0.3) is 0 Å². The van der Waals surface area contributed by atoms with Crippen molar-refractivity contribution in [3.63, 3.8) is 0 Å². The molecule has 0 bridgehead atoms. The molecule has 0 aliphatic carbocycles. The van der Waals surface area contributed by atoms with E-state index in [1.54, 1.807) is 0 Å². The molecule has 0 spiro atoms. The average Bonchev–Trinajstić information content (AvgIpc) is 1.66. The van der Waals surface area contributed by atoms with E-state index in [-0.39, 0.29) is 18.8 Å². The van der Waals surface area contributed by atoms with Gasteiger partial charge in [-0.15, -0.1) is 12.4 Å². The van der Waals surface area contributed by atoms with E-state index in [1.165, 1.54) is 0 Å². The number of halogens is 1. The van der Waals surface area contributed by atoms with E-state index in [2.05, 4.69) is 5.32 Å². The third-order valence-electron chi connectivity index (χ3n) is 0.817. The predicted molar refractivity (Wildman–Crippen MR) is 38.0 cm³/mol. The first kappa shape index (κ1) is 11.5. The van der Waals surface area contributed by atoms with Gasteiger partial charge in [0.1, 0.15) is 0 Å². The van der Waals surface area contributed by atoms with E-state index in [0.717, 1.165) is 6.54 Å². The molecule has 2 N–H and O–H groups in total. The predicted octanol–water partition coefficient (Wildman–Crippen LogP) is 0.492. The minimum Gasteiger partial charge on any atom is -0.481 e. The Hall–Kier alpha value is -0.280. The molecule has 0 saturated heterocycles. The van der Waals surface area contributed by atoms with Crippen LogP contribution in [0.2, 0.25) is 0 Å². The zero-order chi connectivity index (χ0) is 6.41. The molecule has 0 aromatic carbocycles. The number of nitrogens with one attached hydrogen (secondary N) is 1. The van der Waals surface area contributed by atoms with E-state index in [4.69, 9.17) is 5.11 Å². The zero-order valence-electron chi connectivity index (χ0n) is 5.39. The quantitative estimate of drug-likeness (QED) is 0.578. The highest BCUT2D eigenvalue weighted by atomic mass is 35.5. The monoisotopic (exact) mass is 153 g/mol. The summed E-state index contributed by atoms with van der Waals surface area (Å²) in [5, 5.41) is 11.0. The molecule has 0 rings (SSSR count). The highest BCUT2D eigenvalue weighted by Crippen LogP contribution is 1.83. The molecule has 0 heterocycles. The van der Waals surface area contributed by atoms with E-state index in [0.29, 0.717) is 6.42 Å². The van der Waals surface area contributed by atoms with Crippen molar-refractivity contribution in [3.8, 4) is 0 Å². The molecular weight excluding hydrogens is 142 g/mol. The van der Waals surface area contributed by atoms with Gasteiger partial charge >= 0.3 is 5.97 Å². The van der Waals surface area contributed by atoms with Crippen molar-refractivity contribution >= 4 is 18.4 Å². The van der Waals surface area contributed by atoms with Crippen molar-refractivity contribution < 1.29 is 9.90 Å². The maximum Gasteiger partial charge on any atom is 0.303 e. The summed E-state index contributed by atoms with van der Waals surface area (Å²) < 4.78 is 0. The summed E-state index contributed by atoms with van der Waals surface area (Å²) in [6.07, 6.45) is 0.979. The van der Waals surface area contributed by atoms with Crippen LogP contribution in [0.15, 0.2) is 0 Å². The van der Waals surface area contributed by atoms with Crippen molar-refractivity contribution in [2.24, 2.45) is 0 Å².